The molecule has 25 heavy (non-hydrogen) atoms. The zero-order valence-corrected chi connectivity index (χ0v) is 14.0. The molecule has 1 amide bonds. The van der Waals surface area contributed by atoms with E-state index in [1.165, 1.54) is 0 Å². The summed E-state index contributed by atoms with van der Waals surface area (Å²) >= 11 is 0. The van der Waals surface area contributed by atoms with Gasteiger partial charge in [0, 0.05) is 0 Å². The van der Waals surface area contributed by atoms with Gasteiger partial charge in [-0.2, -0.15) is 5.26 Å². The highest BCUT2D eigenvalue weighted by Gasteiger charge is 2.46. The number of nitrogens with zero attached hydrogens (tertiary/aromatic N) is 2. The number of piperidine rings is 1. The molecule has 0 bridgehead atoms. The number of hydrogen-bond donors (Lipinski definition) is 2. The van der Waals surface area contributed by atoms with Gasteiger partial charge in [-0.15, -0.1) is 0 Å². The van der Waals surface area contributed by atoms with Crippen molar-refractivity contribution in [2.45, 2.75) is 24.9 Å². The first-order chi connectivity index (χ1) is 12.2. The molecule has 4 rings (SSSR count). The molecule has 5 heteroatoms. The maximum absolute atomic E-state index is 13.4. The Morgan fingerprint density at radius 1 is 1.08 bits per heavy atom. The molecule has 0 atom stereocenters. The Balaban J connectivity index is 1.77. The largest absolute Gasteiger partial charge is 0.369 e. The average molecular weight is 332 g/mol. The maximum atomic E-state index is 13.4. The number of para-hydroxylation sites is 2. The number of fused-ring (bicyclic) bond motifs is 1. The van der Waals surface area contributed by atoms with E-state index < -0.39 is 5.54 Å². The van der Waals surface area contributed by atoms with Crippen molar-refractivity contribution >= 4 is 17.3 Å². The van der Waals surface area contributed by atoms with Gasteiger partial charge in [0.25, 0.3) is 5.91 Å². The fraction of sp³-hybridized carbons (Fsp3) is 0.300. The third kappa shape index (κ3) is 2.65. The van der Waals surface area contributed by atoms with Crippen LogP contribution < -0.4 is 15.5 Å². The van der Waals surface area contributed by atoms with Gasteiger partial charge in [0.2, 0.25) is 0 Å². The third-order valence-electron chi connectivity index (χ3n) is 5.15. The van der Waals surface area contributed by atoms with Crippen molar-refractivity contribution < 1.29 is 4.79 Å². The fourth-order valence-electron chi connectivity index (χ4n) is 3.78. The molecule has 1 fully saturated rings. The molecular weight excluding hydrogens is 312 g/mol. The van der Waals surface area contributed by atoms with Crippen molar-refractivity contribution in [3.05, 3.63) is 59.7 Å². The quantitative estimate of drug-likeness (QED) is 0.887. The molecule has 2 aliphatic rings. The Bertz CT molecular complexity index is 849. The monoisotopic (exact) mass is 332 g/mol. The third-order valence-corrected chi connectivity index (χ3v) is 5.15. The Kier molecular flexibility index (Phi) is 3.90. The van der Waals surface area contributed by atoms with Crippen LogP contribution in [0.25, 0.3) is 0 Å². The molecule has 2 aromatic rings. The van der Waals surface area contributed by atoms with E-state index in [0.29, 0.717) is 12.1 Å². The van der Waals surface area contributed by atoms with Crippen LogP contribution in [0.4, 0.5) is 11.4 Å². The van der Waals surface area contributed by atoms with Crippen LogP contribution in [0.2, 0.25) is 0 Å². The molecule has 0 unspecified atom stereocenters. The van der Waals surface area contributed by atoms with E-state index in [4.69, 9.17) is 0 Å². The number of hydrogen-bond acceptors (Lipinski definition) is 4. The number of carbonyl (C=O) groups is 1. The van der Waals surface area contributed by atoms with Crippen molar-refractivity contribution in [1.82, 2.24) is 5.32 Å². The summed E-state index contributed by atoms with van der Waals surface area (Å²) in [5.74, 6) is 0.0976. The van der Waals surface area contributed by atoms with Gasteiger partial charge >= 0.3 is 0 Å². The molecule has 126 valence electrons. The number of anilines is 2. The van der Waals surface area contributed by atoms with Gasteiger partial charge in [-0.1, -0.05) is 30.3 Å². The molecule has 2 heterocycles. The second-order valence-corrected chi connectivity index (χ2v) is 6.63. The minimum atomic E-state index is -0.554. The van der Waals surface area contributed by atoms with Crippen LogP contribution in [0.3, 0.4) is 0 Å². The molecule has 0 aliphatic carbocycles. The molecule has 2 aromatic carbocycles. The lowest BCUT2D eigenvalue weighted by molar-refractivity contribution is -0.124. The summed E-state index contributed by atoms with van der Waals surface area (Å²) in [6.07, 6.45) is 1.52. The predicted molar refractivity (Wildman–Crippen MR) is 97.2 cm³/mol. The summed E-state index contributed by atoms with van der Waals surface area (Å²) in [6, 6.07) is 17.6. The van der Waals surface area contributed by atoms with Gasteiger partial charge in [0.05, 0.1) is 29.6 Å². The van der Waals surface area contributed by atoms with Crippen molar-refractivity contribution in [2.24, 2.45) is 0 Å². The van der Waals surface area contributed by atoms with E-state index in [-0.39, 0.29) is 5.91 Å². The van der Waals surface area contributed by atoms with Crippen molar-refractivity contribution in [3.63, 3.8) is 0 Å². The van der Waals surface area contributed by atoms with Crippen LogP contribution in [0.1, 0.15) is 24.0 Å². The van der Waals surface area contributed by atoms with Gasteiger partial charge in [0.15, 0.2) is 0 Å². The first-order valence-corrected chi connectivity index (χ1v) is 8.61. The smallest absolute Gasteiger partial charge is 0.253 e. The molecule has 0 saturated carbocycles. The van der Waals surface area contributed by atoms with Crippen LogP contribution in [-0.2, 0) is 11.3 Å². The minimum absolute atomic E-state index is 0.0976. The second kappa shape index (κ2) is 6.23. The van der Waals surface area contributed by atoms with Gasteiger partial charge in [0.1, 0.15) is 5.54 Å². The zero-order valence-electron chi connectivity index (χ0n) is 14.0. The van der Waals surface area contributed by atoms with Crippen LogP contribution in [0, 0.1) is 11.3 Å². The van der Waals surface area contributed by atoms with E-state index in [2.05, 4.69) is 16.7 Å². The lowest BCUT2D eigenvalue weighted by atomic mass is 9.84. The maximum Gasteiger partial charge on any atom is 0.253 e. The summed E-state index contributed by atoms with van der Waals surface area (Å²) in [5, 5.41) is 16.2. The lowest BCUT2D eigenvalue weighted by Gasteiger charge is -2.46. The molecular formula is C20H20N4O. The first kappa shape index (κ1) is 15.7. The number of amides is 1. The highest BCUT2D eigenvalue weighted by molar-refractivity contribution is 6.07. The highest BCUT2D eigenvalue weighted by Crippen LogP contribution is 2.39. The van der Waals surface area contributed by atoms with Gasteiger partial charge < -0.3 is 15.5 Å². The number of nitriles is 1. The van der Waals surface area contributed by atoms with E-state index in [0.717, 1.165) is 42.9 Å². The highest BCUT2D eigenvalue weighted by atomic mass is 16.2. The summed E-state index contributed by atoms with van der Waals surface area (Å²) in [4.78, 5) is 15.3. The first-order valence-electron chi connectivity index (χ1n) is 8.61. The normalized spacial score (nSPS) is 18.4. The van der Waals surface area contributed by atoms with Crippen LogP contribution in [0.15, 0.2) is 48.5 Å². The molecule has 5 nitrogen and oxygen atoms in total. The SMILES string of the molecule is N#Cc1ccccc1CN1C(=O)C2(CCNCC2)Nc2ccccc21. The Labute approximate surface area is 147 Å². The topological polar surface area (TPSA) is 68.2 Å². The summed E-state index contributed by atoms with van der Waals surface area (Å²) in [7, 11) is 0. The number of benzene rings is 2. The van der Waals surface area contributed by atoms with Crippen molar-refractivity contribution in [2.75, 3.05) is 23.3 Å². The van der Waals surface area contributed by atoms with Gasteiger partial charge in [-0.05, 0) is 49.7 Å². The minimum Gasteiger partial charge on any atom is -0.369 e. The van der Waals surface area contributed by atoms with Crippen molar-refractivity contribution in [1.29, 1.82) is 5.26 Å². The lowest BCUT2D eigenvalue weighted by Crippen LogP contribution is -2.61. The number of rotatable bonds is 2. The van der Waals surface area contributed by atoms with Crippen LogP contribution >= 0.6 is 0 Å². The molecule has 1 spiro atoms. The second-order valence-electron chi connectivity index (χ2n) is 6.63. The van der Waals surface area contributed by atoms with Crippen molar-refractivity contribution in [3.8, 4) is 6.07 Å². The molecule has 0 aromatic heterocycles. The van der Waals surface area contributed by atoms with Crippen LogP contribution in [0.5, 0.6) is 0 Å². The molecule has 1 saturated heterocycles. The Morgan fingerprint density at radius 3 is 2.60 bits per heavy atom. The molecule has 2 N–H and O–H groups in total. The van der Waals surface area contributed by atoms with E-state index >= 15 is 0 Å². The van der Waals surface area contributed by atoms with E-state index in [9.17, 15) is 10.1 Å². The Morgan fingerprint density at radius 2 is 1.80 bits per heavy atom. The Hall–Kier alpha value is -2.84. The molecule has 2 aliphatic heterocycles. The van der Waals surface area contributed by atoms with Crippen LogP contribution in [-0.4, -0.2) is 24.5 Å². The summed E-state index contributed by atoms with van der Waals surface area (Å²) in [6.45, 7) is 2.06. The summed E-state index contributed by atoms with van der Waals surface area (Å²) in [5.41, 5.74) is 2.80. The molecule has 0 radical (unpaired) electrons. The number of nitrogens with one attached hydrogen (secondary N) is 2. The van der Waals surface area contributed by atoms with Gasteiger partial charge in [-0.3, -0.25) is 4.79 Å². The average Bonchev–Trinajstić information content (AvgIpc) is 2.66. The van der Waals surface area contributed by atoms with E-state index in [1.54, 1.807) is 6.07 Å². The standard InChI is InChI=1S/C20H20N4O/c21-13-15-5-1-2-6-16(15)14-24-18-8-4-3-7-17(18)23-20(19(24)25)9-11-22-12-10-20/h1-8,22-23H,9-12,14H2. The fourth-order valence-corrected chi connectivity index (χ4v) is 3.78. The zero-order chi connectivity index (χ0) is 17.3. The van der Waals surface area contributed by atoms with Gasteiger partial charge in [-0.25, -0.2) is 0 Å². The predicted octanol–water partition coefficient (Wildman–Crippen LogP) is 2.64. The summed E-state index contributed by atoms with van der Waals surface area (Å²) < 4.78 is 0. The number of carbonyl (C=O) groups excluding carboxylic acids is 1. The van der Waals surface area contributed by atoms with E-state index in [1.807, 2.05) is 47.4 Å².